The number of rotatable bonds is 6. The molecule has 2 N–H and O–H groups in total. The normalized spacial score (nSPS) is 11.5. The first kappa shape index (κ1) is 24.0. The number of carbonyl (C=O) groups is 1. The molecule has 2 aromatic heterocycles. The van der Waals surface area contributed by atoms with Crippen LogP contribution >= 0.6 is 57.7 Å². The molecule has 4 rings (SSSR count). The quantitative estimate of drug-likeness (QED) is 0.252. The van der Waals surface area contributed by atoms with Crippen molar-refractivity contribution in [2.45, 2.75) is 17.3 Å². The summed E-state index contributed by atoms with van der Waals surface area (Å²) in [6.45, 7) is 1.88. The van der Waals surface area contributed by atoms with Crippen LogP contribution in [0.15, 0.2) is 65.3 Å². The second-order valence-electron chi connectivity index (χ2n) is 7.27. The highest BCUT2D eigenvalue weighted by molar-refractivity contribution is 7.15. The monoisotopic (exact) mass is 539 g/mol. The fourth-order valence-electron chi connectivity index (χ4n) is 3.51. The van der Waals surface area contributed by atoms with Crippen LogP contribution in [0.5, 0.6) is 5.75 Å². The number of hydrogen-bond acceptors (Lipinski definition) is 4. The van der Waals surface area contributed by atoms with Crippen LogP contribution < -0.4 is 10.5 Å². The molecular formula is C24H17Cl4NO3S. The molecule has 0 atom stereocenters. The van der Waals surface area contributed by atoms with E-state index in [1.807, 2.05) is 49.4 Å². The second-order valence-corrected chi connectivity index (χ2v) is 11.0. The van der Waals surface area contributed by atoms with Crippen molar-refractivity contribution in [3.05, 3.63) is 87.6 Å². The van der Waals surface area contributed by atoms with Crippen LogP contribution in [0.2, 0.25) is 5.02 Å². The number of nitrogens with two attached hydrogens (primary N) is 1. The Morgan fingerprint density at radius 1 is 1.09 bits per heavy atom. The molecule has 0 unspecified atom stereocenters. The number of primary amides is 1. The van der Waals surface area contributed by atoms with Crippen molar-refractivity contribution < 1.29 is 13.9 Å². The third-order valence-corrected chi connectivity index (χ3v) is 6.67. The standard InChI is InChI=1S/C24H17Cl4NO3S/c1-13-10-14(6-8-20(13)32-24(26,27)28)21-9-7-15(33-21)11-17-18(12-31-22(17)23(29)30)16-4-2-3-5-19(16)25/h2-10,12H,11H2,1H3,(H2,29,30). The van der Waals surface area contributed by atoms with Crippen molar-refractivity contribution in [1.29, 1.82) is 0 Å². The van der Waals surface area contributed by atoms with E-state index in [-0.39, 0.29) is 5.76 Å². The lowest BCUT2D eigenvalue weighted by atomic mass is 9.99. The number of hydrogen-bond donors (Lipinski definition) is 1. The van der Waals surface area contributed by atoms with Gasteiger partial charge in [-0.05, 0) is 89.3 Å². The van der Waals surface area contributed by atoms with E-state index in [2.05, 4.69) is 0 Å². The molecule has 0 bridgehead atoms. The predicted octanol–water partition coefficient (Wildman–Crippen LogP) is 8.03. The first-order valence-corrected chi connectivity index (χ1v) is 12.1. The summed E-state index contributed by atoms with van der Waals surface area (Å²) in [5.74, 6) is -0.00595. The van der Waals surface area contributed by atoms with Crippen molar-refractivity contribution in [3.63, 3.8) is 0 Å². The van der Waals surface area contributed by atoms with Crippen molar-refractivity contribution in [3.8, 4) is 27.3 Å². The Balaban J connectivity index is 1.65. The summed E-state index contributed by atoms with van der Waals surface area (Å²) in [6.07, 6.45) is 1.99. The molecule has 4 aromatic rings. The molecule has 33 heavy (non-hydrogen) atoms. The lowest BCUT2D eigenvalue weighted by molar-refractivity contribution is 0.0973. The molecule has 0 spiro atoms. The number of alkyl halides is 3. The van der Waals surface area contributed by atoms with Gasteiger partial charge >= 0.3 is 3.98 Å². The third kappa shape index (κ3) is 5.51. The third-order valence-electron chi connectivity index (χ3n) is 4.98. The Kier molecular flexibility index (Phi) is 6.99. The van der Waals surface area contributed by atoms with E-state index in [4.69, 9.17) is 61.3 Å². The fraction of sp³-hybridized carbons (Fsp3) is 0.125. The van der Waals surface area contributed by atoms with Gasteiger partial charge in [-0.2, -0.15) is 0 Å². The lowest BCUT2D eigenvalue weighted by Crippen LogP contribution is -2.13. The van der Waals surface area contributed by atoms with Crippen LogP contribution in [-0.4, -0.2) is 9.89 Å². The van der Waals surface area contributed by atoms with Crippen LogP contribution in [0.1, 0.15) is 26.6 Å². The Bertz CT molecular complexity index is 1320. The van der Waals surface area contributed by atoms with Crippen molar-refractivity contribution in [2.75, 3.05) is 0 Å². The maximum Gasteiger partial charge on any atom is 0.338 e. The smallest absolute Gasteiger partial charge is 0.338 e. The molecule has 0 saturated heterocycles. The Labute approximate surface area is 214 Å². The van der Waals surface area contributed by atoms with Gasteiger partial charge in [0.2, 0.25) is 0 Å². The van der Waals surface area contributed by atoms with Gasteiger partial charge in [0.15, 0.2) is 5.76 Å². The maximum atomic E-state index is 12.0. The van der Waals surface area contributed by atoms with Crippen LogP contribution in [-0.2, 0) is 6.42 Å². The highest BCUT2D eigenvalue weighted by atomic mass is 35.6. The van der Waals surface area contributed by atoms with Crippen LogP contribution in [0.3, 0.4) is 0 Å². The summed E-state index contributed by atoms with van der Waals surface area (Å²) in [6, 6.07) is 17.0. The molecule has 0 aliphatic heterocycles. The molecule has 2 aromatic carbocycles. The number of carbonyl (C=O) groups excluding carboxylic acids is 1. The first-order chi connectivity index (χ1) is 15.6. The minimum atomic E-state index is -1.83. The summed E-state index contributed by atoms with van der Waals surface area (Å²) >= 11 is 25.2. The van der Waals surface area contributed by atoms with Crippen molar-refractivity contribution in [1.82, 2.24) is 0 Å². The van der Waals surface area contributed by atoms with Gasteiger partial charge in [-0.3, -0.25) is 4.79 Å². The summed E-state index contributed by atoms with van der Waals surface area (Å²) in [5.41, 5.74) is 9.62. The Morgan fingerprint density at radius 2 is 1.85 bits per heavy atom. The van der Waals surface area contributed by atoms with Gasteiger partial charge in [-0.25, -0.2) is 0 Å². The van der Waals surface area contributed by atoms with E-state index in [1.165, 1.54) is 6.26 Å². The number of aryl methyl sites for hydroxylation is 1. The minimum absolute atomic E-state index is 0.129. The number of furan rings is 1. The van der Waals surface area contributed by atoms with E-state index in [9.17, 15) is 4.79 Å². The highest BCUT2D eigenvalue weighted by Gasteiger charge is 2.23. The Hall–Kier alpha value is -2.15. The van der Waals surface area contributed by atoms with E-state index in [0.29, 0.717) is 22.8 Å². The predicted molar refractivity (Wildman–Crippen MR) is 136 cm³/mol. The number of benzene rings is 2. The highest BCUT2D eigenvalue weighted by Crippen LogP contribution is 2.38. The van der Waals surface area contributed by atoms with Crippen LogP contribution in [0.25, 0.3) is 21.6 Å². The van der Waals surface area contributed by atoms with Gasteiger partial charge in [-0.1, -0.05) is 29.8 Å². The summed E-state index contributed by atoms with van der Waals surface area (Å²) in [7, 11) is 0. The van der Waals surface area contributed by atoms with E-state index in [1.54, 1.807) is 23.5 Å². The topological polar surface area (TPSA) is 65.5 Å². The number of ether oxygens (including phenoxy) is 1. The van der Waals surface area contributed by atoms with Gasteiger partial charge in [0.1, 0.15) is 5.75 Å². The number of amides is 1. The first-order valence-electron chi connectivity index (χ1n) is 9.73. The molecular weight excluding hydrogens is 524 g/mol. The summed E-state index contributed by atoms with van der Waals surface area (Å²) in [5, 5.41) is 0.565. The molecule has 0 fully saturated rings. The molecule has 0 radical (unpaired) electrons. The molecule has 4 nitrogen and oxygen atoms in total. The molecule has 170 valence electrons. The van der Waals surface area contributed by atoms with Gasteiger partial charge in [0.25, 0.3) is 5.91 Å². The van der Waals surface area contributed by atoms with Gasteiger partial charge < -0.3 is 14.9 Å². The maximum absolute atomic E-state index is 12.0. The van der Waals surface area contributed by atoms with Gasteiger partial charge in [-0.15, -0.1) is 11.3 Å². The molecule has 2 heterocycles. The van der Waals surface area contributed by atoms with Crippen LogP contribution in [0, 0.1) is 6.92 Å². The SMILES string of the molecule is Cc1cc(-c2ccc(Cc3c(-c4ccccc4Cl)coc3C(N)=O)s2)ccc1OC(Cl)(Cl)Cl. The molecule has 9 heteroatoms. The molecule has 0 aliphatic carbocycles. The summed E-state index contributed by atoms with van der Waals surface area (Å²) < 4.78 is 9.03. The molecule has 0 aliphatic rings. The van der Waals surface area contributed by atoms with Gasteiger partial charge in [0, 0.05) is 37.9 Å². The zero-order valence-corrected chi connectivity index (χ0v) is 21.0. The average Bonchev–Trinajstić information content (AvgIpc) is 3.37. The van der Waals surface area contributed by atoms with E-state index >= 15 is 0 Å². The van der Waals surface area contributed by atoms with E-state index < -0.39 is 9.89 Å². The number of thiophene rings is 1. The average molecular weight is 541 g/mol. The van der Waals surface area contributed by atoms with Crippen molar-refractivity contribution in [2.24, 2.45) is 5.73 Å². The zero-order chi connectivity index (χ0) is 23.8. The summed E-state index contributed by atoms with van der Waals surface area (Å²) in [4.78, 5) is 14.1. The van der Waals surface area contributed by atoms with Gasteiger partial charge in [0.05, 0.1) is 6.26 Å². The second kappa shape index (κ2) is 9.61. The lowest BCUT2D eigenvalue weighted by Gasteiger charge is -2.16. The largest absolute Gasteiger partial charge is 0.458 e. The zero-order valence-electron chi connectivity index (χ0n) is 17.2. The number of halogens is 4. The molecule has 1 amide bonds. The van der Waals surface area contributed by atoms with Crippen molar-refractivity contribution >= 4 is 63.6 Å². The van der Waals surface area contributed by atoms with E-state index in [0.717, 1.165) is 32.0 Å². The molecule has 0 saturated carbocycles. The fourth-order valence-corrected chi connectivity index (χ4v) is 5.02. The minimum Gasteiger partial charge on any atom is -0.458 e. The Morgan fingerprint density at radius 3 is 2.52 bits per heavy atom. The van der Waals surface area contributed by atoms with Crippen LogP contribution in [0.4, 0.5) is 0 Å².